The Hall–Kier alpha value is -2.86. The van der Waals surface area contributed by atoms with Crippen molar-refractivity contribution in [1.29, 1.82) is 0 Å². The number of rotatable bonds is 7. The Balaban J connectivity index is 1.91. The van der Waals surface area contributed by atoms with Crippen molar-refractivity contribution in [2.75, 3.05) is 18.5 Å². The minimum Gasteiger partial charge on any atom is -0.507 e. The molecule has 0 bridgehead atoms. The number of fused-ring (bicyclic) bond motifs is 1. The number of nitrogens with zero attached hydrogens (tertiary/aromatic N) is 3. The Morgan fingerprint density at radius 1 is 1.08 bits per heavy atom. The number of phenolic OH excluding ortho intramolecular Hbond substituents is 1. The molecule has 6 heteroatoms. The molecule has 3 N–H and O–H groups in total. The minimum atomic E-state index is 0.183. The lowest BCUT2D eigenvalue weighted by atomic mass is 10.2. The Morgan fingerprint density at radius 3 is 2.71 bits per heavy atom. The van der Waals surface area contributed by atoms with Gasteiger partial charge in [0.25, 0.3) is 0 Å². The van der Waals surface area contributed by atoms with Crippen molar-refractivity contribution in [1.82, 2.24) is 9.66 Å². The predicted molar refractivity (Wildman–Crippen MR) is 95.6 cm³/mol. The van der Waals surface area contributed by atoms with Crippen LogP contribution in [0.4, 0.5) is 5.95 Å². The summed E-state index contributed by atoms with van der Waals surface area (Å²) < 4.78 is 1.72. The molecule has 124 valence electrons. The van der Waals surface area contributed by atoms with Crippen LogP contribution in [-0.4, -0.2) is 39.2 Å². The fourth-order valence-electron chi connectivity index (χ4n) is 2.40. The highest BCUT2D eigenvalue weighted by atomic mass is 16.3. The van der Waals surface area contributed by atoms with Gasteiger partial charge in [0.2, 0.25) is 5.95 Å². The normalized spacial score (nSPS) is 11.4. The third-order valence-corrected chi connectivity index (χ3v) is 3.65. The van der Waals surface area contributed by atoms with Gasteiger partial charge in [-0.1, -0.05) is 24.3 Å². The largest absolute Gasteiger partial charge is 0.507 e. The average Bonchev–Trinajstić information content (AvgIpc) is 2.96. The number of benzene rings is 2. The first-order valence-corrected chi connectivity index (χ1v) is 7.94. The van der Waals surface area contributed by atoms with Crippen molar-refractivity contribution >= 4 is 23.2 Å². The van der Waals surface area contributed by atoms with Crippen LogP contribution < -0.4 is 5.32 Å². The summed E-state index contributed by atoms with van der Waals surface area (Å²) in [6.07, 6.45) is 3.21. The highest BCUT2D eigenvalue weighted by molar-refractivity contribution is 5.85. The van der Waals surface area contributed by atoms with Gasteiger partial charge in [0.05, 0.1) is 17.2 Å². The van der Waals surface area contributed by atoms with E-state index in [9.17, 15) is 5.11 Å². The van der Waals surface area contributed by atoms with Crippen molar-refractivity contribution in [2.45, 2.75) is 12.8 Å². The average molecular weight is 324 g/mol. The summed E-state index contributed by atoms with van der Waals surface area (Å²) in [5, 5.41) is 26.5. The summed E-state index contributed by atoms with van der Waals surface area (Å²) in [7, 11) is 0. The summed E-state index contributed by atoms with van der Waals surface area (Å²) >= 11 is 0. The molecule has 0 radical (unpaired) electrons. The van der Waals surface area contributed by atoms with Crippen LogP contribution in [-0.2, 0) is 0 Å². The number of imidazole rings is 1. The molecule has 0 saturated carbocycles. The lowest BCUT2D eigenvalue weighted by Gasteiger charge is -2.06. The van der Waals surface area contributed by atoms with E-state index >= 15 is 0 Å². The fraction of sp³-hybridized carbons (Fsp3) is 0.222. The highest BCUT2D eigenvalue weighted by Crippen LogP contribution is 2.20. The van der Waals surface area contributed by atoms with E-state index in [2.05, 4.69) is 15.4 Å². The van der Waals surface area contributed by atoms with Gasteiger partial charge in [-0.2, -0.15) is 9.78 Å². The third kappa shape index (κ3) is 3.55. The third-order valence-electron chi connectivity index (χ3n) is 3.65. The second kappa shape index (κ2) is 7.61. The molecule has 6 nitrogen and oxygen atoms in total. The molecule has 0 aliphatic carbocycles. The Labute approximate surface area is 140 Å². The first-order valence-electron chi connectivity index (χ1n) is 7.94. The number of phenols is 1. The zero-order valence-electron chi connectivity index (χ0n) is 13.3. The summed E-state index contributed by atoms with van der Waals surface area (Å²) in [5.41, 5.74) is 2.37. The van der Waals surface area contributed by atoms with E-state index in [-0.39, 0.29) is 12.4 Å². The molecule has 0 fully saturated rings. The zero-order valence-corrected chi connectivity index (χ0v) is 13.3. The maximum Gasteiger partial charge on any atom is 0.225 e. The first-order chi connectivity index (χ1) is 11.8. The topological polar surface area (TPSA) is 82.7 Å². The molecule has 0 unspecified atom stereocenters. The Kier molecular flexibility index (Phi) is 5.08. The van der Waals surface area contributed by atoms with Gasteiger partial charge in [-0.25, -0.2) is 4.98 Å². The Bertz CT molecular complexity index is 842. The van der Waals surface area contributed by atoms with Crippen LogP contribution in [0.1, 0.15) is 18.4 Å². The van der Waals surface area contributed by atoms with E-state index in [4.69, 9.17) is 5.11 Å². The van der Waals surface area contributed by atoms with Crippen molar-refractivity contribution in [3.8, 4) is 5.75 Å². The van der Waals surface area contributed by atoms with E-state index in [1.807, 2.05) is 30.3 Å². The van der Waals surface area contributed by atoms with Gasteiger partial charge in [-0.05, 0) is 37.1 Å². The van der Waals surface area contributed by atoms with E-state index in [0.717, 1.165) is 23.9 Å². The van der Waals surface area contributed by atoms with Crippen molar-refractivity contribution in [2.24, 2.45) is 5.10 Å². The molecular weight excluding hydrogens is 304 g/mol. The van der Waals surface area contributed by atoms with E-state index in [0.29, 0.717) is 18.1 Å². The smallest absolute Gasteiger partial charge is 0.225 e. The maximum absolute atomic E-state index is 9.87. The van der Waals surface area contributed by atoms with Gasteiger partial charge in [0.1, 0.15) is 5.75 Å². The number of nitrogens with one attached hydrogen (secondary N) is 1. The van der Waals surface area contributed by atoms with Crippen LogP contribution in [0.2, 0.25) is 0 Å². The van der Waals surface area contributed by atoms with Gasteiger partial charge in [-0.15, -0.1) is 0 Å². The van der Waals surface area contributed by atoms with Gasteiger partial charge in [0, 0.05) is 18.7 Å². The zero-order chi connectivity index (χ0) is 16.8. The second-order valence-electron chi connectivity index (χ2n) is 5.40. The SMILES string of the molecule is OCCCCNc1nc2ccccc2n1/N=C/c1ccccc1O. The number of hydrogen-bond acceptors (Lipinski definition) is 5. The molecule has 1 heterocycles. The molecule has 2 aromatic carbocycles. The lowest BCUT2D eigenvalue weighted by molar-refractivity contribution is 0.286. The number of aromatic nitrogens is 2. The minimum absolute atomic E-state index is 0.183. The molecule has 0 aliphatic rings. The molecule has 3 aromatic rings. The molecule has 24 heavy (non-hydrogen) atoms. The summed E-state index contributed by atoms with van der Waals surface area (Å²) in [5.74, 6) is 0.823. The standard InChI is InChI=1S/C18H20N4O2/c23-12-6-5-11-19-18-21-15-8-2-3-9-16(15)22(18)20-13-14-7-1-4-10-17(14)24/h1-4,7-10,13,23-24H,5-6,11-12H2,(H,19,21)/b20-13+. The predicted octanol–water partition coefficient (Wildman–Crippen LogP) is 2.81. The number of para-hydroxylation sites is 3. The summed E-state index contributed by atoms with van der Waals surface area (Å²) in [6.45, 7) is 0.888. The summed E-state index contributed by atoms with van der Waals surface area (Å²) in [6, 6.07) is 14.8. The number of aromatic hydroxyl groups is 1. The summed E-state index contributed by atoms with van der Waals surface area (Å²) in [4.78, 5) is 4.56. The van der Waals surface area contributed by atoms with Gasteiger partial charge >= 0.3 is 0 Å². The fourth-order valence-corrected chi connectivity index (χ4v) is 2.40. The molecule has 0 atom stereocenters. The van der Waals surface area contributed by atoms with Crippen LogP contribution in [0.5, 0.6) is 5.75 Å². The number of hydrogen-bond donors (Lipinski definition) is 3. The van der Waals surface area contributed by atoms with Crippen molar-refractivity contribution in [3.05, 3.63) is 54.1 Å². The molecule has 0 spiro atoms. The molecular formula is C18H20N4O2. The molecule has 3 rings (SSSR count). The second-order valence-corrected chi connectivity index (χ2v) is 5.40. The molecule has 0 amide bonds. The Morgan fingerprint density at radius 2 is 1.88 bits per heavy atom. The molecule has 1 aromatic heterocycles. The molecule has 0 saturated heterocycles. The quantitative estimate of drug-likeness (QED) is 0.461. The first kappa shape index (κ1) is 16.0. The van der Waals surface area contributed by atoms with Crippen LogP contribution in [0.25, 0.3) is 11.0 Å². The number of unbranched alkanes of at least 4 members (excludes halogenated alkanes) is 1. The number of anilines is 1. The number of aliphatic hydroxyl groups is 1. The monoisotopic (exact) mass is 324 g/mol. The van der Waals surface area contributed by atoms with Crippen LogP contribution >= 0.6 is 0 Å². The van der Waals surface area contributed by atoms with E-state index in [1.54, 1.807) is 29.1 Å². The molecule has 0 aliphatic heterocycles. The van der Waals surface area contributed by atoms with Gasteiger partial charge in [-0.3, -0.25) is 0 Å². The van der Waals surface area contributed by atoms with E-state index in [1.165, 1.54) is 0 Å². The lowest BCUT2D eigenvalue weighted by Crippen LogP contribution is -2.07. The van der Waals surface area contributed by atoms with Crippen LogP contribution in [0.15, 0.2) is 53.6 Å². The maximum atomic E-state index is 9.87. The van der Waals surface area contributed by atoms with Gasteiger partial charge in [0.15, 0.2) is 0 Å². The van der Waals surface area contributed by atoms with Crippen molar-refractivity contribution in [3.63, 3.8) is 0 Å². The van der Waals surface area contributed by atoms with Crippen LogP contribution in [0, 0.1) is 0 Å². The van der Waals surface area contributed by atoms with E-state index < -0.39 is 0 Å². The van der Waals surface area contributed by atoms with Crippen LogP contribution in [0.3, 0.4) is 0 Å². The van der Waals surface area contributed by atoms with Crippen molar-refractivity contribution < 1.29 is 10.2 Å². The highest BCUT2D eigenvalue weighted by Gasteiger charge is 2.09. The van der Waals surface area contributed by atoms with Gasteiger partial charge < -0.3 is 15.5 Å². The number of aliphatic hydroxyl groups excluding tert-OH is 1.